The molecule has 0 aliphatic rings. The second-order valence-corrected chi connectivity index (χ2v) is 3.72. The second kappa shape index (κ2) is 3.73. The Morgan fingerprint density at radius 1 is 1.85 bits per heavy atom. The van der Waals surface area contributed by atoms with Crippen LogP contribution in [0, 0.1) is 19.3 Å². The summed E-state index contributed by atoms with van der Waals surface area (Å²) in [5.74, 6) is 2.26. The quantitative estimate of drug-likeness (QED) is 0.584. The normalized spacial score (nSPS) is 14.5. The fourth-order valence-corrected chi connectivity index (χ4v) is 2.13. The summed E-state index contributed by atoms with van der Waals surface area (Å²) in [5.41, 5.74) is -0.493. The topological polar surface area (TPSA) is 37.3 Å². The van der Waals surface area contributed by atoms with Crippen LogP contribution in [0.5, 0.6) is 0 Å². The van der Waals surface area contributed by atoms with Gasteiger partial charge in [0.1, 0.15) is 6.29 Å². The van der Waals surface area contributed by atoms with E-state index in [0.717, 1.165) is 5.56 Å². The summed E-state index contributed by atoms with van der Waals surface area (Å²) in [6, 6.07) is 1.87. The van der Waals surface area contributed by atoms with Gasteiger partial charge in [-0.25, -0.2) is 0 Å². The molecule has 1 heterocycles. The average molecular weight is 194 g/mol. The number of carbonyl (C=O) groups excluding carboxylic acids is 1. The van der Waals surface area contributed by atoms with Crippen molar-refractivity contribution in [2.24, 2.45) is 0 Å². The van der Waals surface area contributed by atoms with Crippen molar-refractivity contribution in [3.8, 4) is 12.3 Å². The summed E-state index contributed by atoms with van der Waals surface area (Å²) >= 11 is 1.37. The molecule has 0 aromatic carbocycles. The van der Waals surface area contributed by atoms with Crippen molar-refractivity contribution in [2.45, 2.75) is 18.9 Å². The molecule has 3 heteroatoms. The number of carbonyl (C=O) groups is 1. The van der Waals surface area contributed by atoms with Crippen molar-refractivity contribution in [3.63, 3.8) is 0 Å². The van der Waals surface area contributed by atoms with Crippen LogP contribution in [0.1, 0.15) is 16.9 Å². The SMILES string of the molecule is C#CC(O)(CC=O)c1sccc1C. The van der Waals surface area contributed by atoms with Crippen molar-refractivity contribution in [1.82, 2.24) is 0 Å². The number of hydrogen-bond donors (Lipinski definition) is 1. The van der Waals surface area contributed by atoms with E-state index in [-0.39, 0.29) is 6.42 Å². The zero-order chi connectivity index (χ0) is 9.90. The van der Waals surface area contributed by atoms with Crippen LogP contribution in [0.25, 0.3) is 0 Å². The predicted octanol–water partition coefficient (Wildman–Crippen LogP) is 1.47. The Bertz CT molecular complexity index is 348. The van der Waals surface area contributed by atoms with E-state index in [1.165, 1.54) is 11.3 Å². The Morgan fingerprint density at radius 2 is 2.54 bits per heavy atom. The van der Waals surface area contributed by atoms with Gasteiger partial charge in [-0.1, -0.05) is 5.92 Å². The Kier molecular flexibility index (Phi) is 2.86. The van der Waals surface area contributed by atoms with Crippen LogP contribution >= 0.6 is 11.3 Å². The molecule has 1 aromatic heterocycles. The predicted molar refractivity (Wildman–Crippen MR) is 52.5 cm³/mol. The largest absolute Gasteiger partial charge is 0.372 e. The molecule has 1 N–H and O–H groups in total. The first-order chi connectivity index (χ1) is 6.14. The van der Waals surface area contributed by atoms with Gasteiger partial charge in [-0.05, 0) is 23.9 Å². The molecule has 0 fully saturated rings. The summed E-state index contributed by atoms with van der Waals surface area (Å²) in [7, 11) is 0. The minimum atomic E-state index is -1.42. The van der Waals surface area contributed by atoms with Gasteiger partial charge < -0.3 is 9.90 Å². The van der Waals surface area contributed by atoms with E-state index in [2.05, 4.69) is 5.92 Å². The third-order valence-electron chi connectivity index (χ3n) is 1.86. The Balaban J connectivity index is 3.11. The van der Waals surface area contributed by atoms with Gasteiger partial charge in [-0.15, -0.1) is 17.8 Å². The summed E-state index contributed by atoms with van der Waals surface area (Å²) in [6.07, 6.45) is 5.79. The van der Waals surface area contributed by atoms with E-state index in [1.54, 1.807) is 0 Å². The molecular weight excluding hydrogens is 184 g/mol. The minimum Gasteiger partial charge on any atom is -0.372 e. The molecule has 0 aliphatic heterocycles. The monoisotopic (exact) mass is 194 g/mol. The van der Waals surface area contributed by atoms with E-state index in [1.807, 2.05) is 18.4 Å². The number of terminal acetylenes is 1. The number of rotatable bonds is 3. The third kappa shape index (κ3) is 1.80. The summed E-state index contributed by atoms with van der Waals surface area (Å²) in [6.45, 7) is 1.86. The summed E-state index contributed by atoms with van der Waals surface area (Å²) in [5, 5.41) is 11.7. The number of aldehydes is 1. The highest BCUT2D eigenvalue weighted by Gasteiger charge is 2.28. The van der Waals surface area contributed by atoms with Gasteiger partial charge in [-0.2, -0.15) is 0 Å². The van der Waals surface area contributed by atoms with E-state index in [0.29, 0.717) is 11.2 Å². The molecule has 1 aromatic rings. The number of thiophene rings is 1. The zero-order valence-corrected chi connectivity index (χ0v) is 8.10. The molecule has 0 saturated carbocycles. The highest BCUT2D eigenvalue weighted by Crippen LogP contribution is 2.30. The molecule has 0 amide bonds. The van der Waals surface area contributed by atoms with E-state index in [4.69, 9.17) is 6.42 Å². The molecule has 2 nitrogen and oxygen atoms in total. The van der Waals surface area contributed by atoms with Crippen LogP contribution in [0.15, 0.2) is 11.4 Å². The van der Waals surface area contributed by atoms with Gasteiger partial charge in [0.25, 0.3) is 0 Å². The van der Waals surface area contributed by atoms with Gasteiger partial charge in [-0.3, -0.25) is 0 Å². The van der Waals surface area contributed by atoms with Crippen LogP contribution in [0.4, 0.5) is 0 Å². The number of hydrogen-bond acceptors (Lipinski definition) is 3. The lowest BCUT2D eigenvalue weighted by Crippen LogP contribution is -2.23. The highest BCUT2D eigenvalue weighted by molar-refractivity contribution is 7.10. The Labute approximate surface area is 81.2 Å². The summed E-state index contributed by atoms with van der Waals surface area (Å²) in [4.78, 5) is 11.0. The van der Waals surface area contributed by atoms with Crippen molar-refractivity contribution >= 4 is 17.6 Å². The first-order valence-electron chi connectivity index (χ1n) is 3.82. The first kappa shape index (κ1) is 9.97. The molecule has 0 bridgehead atoms. The first-order valence-corrected chi connectivity index (χ1v) is 4.70. The Morgan fingerprint density at radius 3 is 2.92 bits per heavy atom. The lowest BCUT2D eigenvalue weighted by atomic mass is 9.97. The van der Waals surface area contributed by atoms with E-state index in [9.17, 15) is 9.90 Å². The van der Waals surface area contributed by atoms with Crippen LogP contribution in [-0.2, 0) is 10.4 Å². The lowest BCUT2D eigenvalue weighted by Gasteiger charge is -2.18. The van der Waals surface area contributed by atoms with Gasteiger partial charge in [0, 0.05) is 6.42 Å². The average Bonchev–Trinajstić information content (AvgIpc) is 2.52. The molecule has 13 heavy (non-hydrogen) atoms. The third-order valence-corrected chi connectivity index (χ3v) is 3.02. The molecule has 0 radical (unpaired) electrons. The maximum atomic E-state index is 10.3. The van der Waals surface area contributed by atoms with Gasteiger partial charge in [0.05, 0.1) is 4.88 Å². The van der Waals surface area contributed by atoms with Crippen molar-refractivity contribution in [2.75, 3.05) is 0 Å². The number of aryl methyl sites for hydroxylation is 1. The standard InChI is InChI=1S/C10H10O2S/c1-3-10(12,5-6-11)9-8(2)4-7-13-9/h1,4,6-7,12H,5H2,2H3. The maximum absolute atomic E-state index is 10.3. The molecule has 1 rings (SSSR count). The van der Waals surface area contributed by atoms with E-state index >= 15 is 0 Å². The maximum Gasteiger partial charge on any atom is 0.166 e. The molecule has 1 unspecified atom stereocenters. The smallest absolute Gasteiger partial charge is 0.166 e. The zero-order valence-electron chi connectivity index (χ0n) is 7.28. The highest BCUT2D eigenvalue weighted by atomic mass is 32.1. The fraction of sp³-hybridized carbons (Fsp3) is 0.300. The van der Waals surface area contributed by atoms with Crippen LogP contribution < -0.4 is 0 Å². The molecule has 0 spiro atoms. The fourth-order valence-electron chi connectivity index (χ4n) is 1.13. The van der Waals surface area contributed by atoms with Crippen LogP contribution in [0.3, 0.4) is 0 Å². The van der Waals surface area contributed by atoms with Crippen LogP contribution in [0.2, 0.25) is 0 Å². The van der Waals surface area contributed by atoms with Gasteiger partial charge in [0.15, 0.2) is 5.60 Å². The molecular formula is C10H10O2S. The molecule has 0 saturated heterocycles. The minimum absolute atomic E-state index is 0.0507. The molecule has 1 atom stereocenters. The second-order valence-electron chi connectivity index (χ2n) is 2.81. The lowest BCUT2D eigenvalue weighted by molar-refractivity contribution is -0.110. The van der Waals surface area contributed by atoms with E-state index < -0.39 is 5.60 Å². The van der Waals surface area contributed by atoms with Gasteiger partial charge in [0.2, 0.25) is 0 Å². The van der Waals surface area contributed by atoms with Crippen LogP contribution in [-0.4, -0.2) is 11.4 Å². The number of aliphatic hydroxyl groups is 1. The Hall–Kier alpha value is -1.11. The molecule has 0 aliphatic carbocycles. The van der Waals surface area contributed by atoms with Gasteiger partial charge >= 0.3 is 0 Å². The van der Waals surface area contributed by atoms with Crippen molar-refractivity contribution in [1.29, 1.82) is 0 Å². The van der Waals surface area contributed by atoms with Crippen molar-refractivity contribution < 1.29 is 9.90 Å². The molecule has 68 valence electrons. The summed E-state index contributed by atoms with van der Waals surface area (Å²) < 4.78 is 0. The van der Waals surface area contributed by atoms with Crippen molar-refractivity contribution in [3.05, 3.63) is 21.9 Å².